The van der Waals surface area contributed by atoms with E-state index in [0.29, 0.717) is 13.1 Å². The van der Waals surface area contributed by atoms with E-state index in [-0.39, 0.29) is 11.0 Å². The fraction of sp³-hybridized carbons (Fsp3) is 0.556. The molecule has 0 radical (unpaired) electrons. The molecule has 2 N–H and O–H groups in total. The molecule has 0 aliphatic rings. The molecule has 0 aliphatic heterocycles. The number of hydrogen-bond donors (Lipinski definition) is 1. The lowest BCUT2D eigenvalue weighted by atomic mass is 9.94. The molecule has 72 valence electrons. The van der Waals surface area contributed by atoms with E-state index < -0.39 is 0 Å². The van der Waals surface area contributed by atoms with Crippen LogP contribution in [0.25, 0.3) is 0 Å². The van der Waals surface area contributed by atoms with Crippen LogP contribution >= 0.6 is 0 Å². The van der Waals surface area contributed by atoms with Crippen molar-refractivity contribution in [1.82, 2.24) is 9.55 Å². The Morgan fingerprint density at radius 1 is 1.62 bits per heavy atom. The first-order valence-corrected chi connectivity index (χ1v) is 4.26. The van der Waals surface area contributed by atoms with E-state index in [1.807, 2.05) is 13.8 Å². The van der Waals surface area contributed by atoms with Gasteiger partial charge in [0.1, 0.15) is 0 Å². The highest BCUT2D eigenvalue weighted by molar-refractivity contribution is 4.84. The first-order valence-electron chi connectivity index (χ1n) is 4.26. The predicted molar refractivity (Wildman–Crippen MR) is 51.3 cm³/mol. The lowest BCUT2D eigenvalue weighted by Gasteiger charge is -2.22. The molecule has 0 amide bonds. The fourth-order valence-electron chi connectivity index (χ4n) is 1.02. The quantitative estimate of drug-likeness (QED) is 0.726. The summed E-state index contributed by atoms with van der Waals surface area (Å²) in [7, 11) is 0. The third kappa shape index (κ3) is 2.66. The Kier molecular flexibility index (Phi) is 2.83. The highest BCUT2D eigenvalue weighted by atomic mass is 16.1. The molecule has 1 aromatic heterocycles. The molecule has 0 saturated heterocycles. The van der Waals surface area contributed by atoms with Gasteiger partial charge in [0.15, 0.2) is 0 Å². The summed E-state index contributed by atoms with van der Waals surface area (Å²) in [4.78, 5) is 15.2. The maximum Gasteiger partial charge on any atom is 0.253 e. The van der Waals surface area contributed by atoms with E-state index in [9.17, 15) is 4.79 Å². The summed E-state index contributed by atoms with van der Waals surface area (Å²) in [5, 5.41) is 0. The van der Waals surface area contributed by atoms with E-state index in [2.05, 4.69) is 4.98 Å². The second kappa shape index (κ2) is 3.70. The third-order valence-corrected chi connectivity index (χ3v) is 1.94. The van der Waals surface area contributed by atoms with Crippen molar-refractivity contribution in [2.45, 2.75) is 20.4 Å². The Hall–Kier alpha value is -1.16. The van der Waals surface area contributed by atoms with E-state index in [1.165, 1.54) is 12.3 Å². The van der Waals surface area contributed by atoms with E-state index in [4.69, 9.17) is 5.73 Å². The molecule has 1 rings (SSSR count). The van der Waals surface area contributed by atoms with Crippen molar-refractivity contribution in [2.75, 3.05) is 6.54 Å². The largest absolute Gasteiger partial charge is 0.330 e. The Labute approximate surface area is 77.4 Å². The number of nitrogens with two attached hydrogens (primary N) is 1. The minimum Gasteiger partial charge on any atom is -0.330 e. The maximum absolute atomic E-state index is 11.3. The van der Waals surface area contributed by atoms with Gasteiger partial charge in [0.25, 0.3) is 5.56 Å². The summed E-state index contributed by atoms with van der Waals surface area (Å²) < 4.78 is 1.58. The van der Waals surface area contributed by atoms with Crippen LogP contribution in [0.3, 0.4) is 0 Å². The summed E-state index contributed by atoms with van der Waals surface area (Å²) in [6.45, 7) is 5.20. The fourth-order valence-corrected chi connectivity index (χ4v) is 1.02. The minimum atomic E-state index is -0.0626. The number of aromatic nitrogens is 2. The van der Waals surface area contributed by atoms with Crippen LogP contribution in [0.4, 0.5) is 0 Å². The van der Waals surface area contributed by atoms with Crippen molar-refractivity contribution in [1.29, 1.82) is 0 Å². The van der Waals surface area contributed by atoms with Gasteiger partial charge in [-0.1, -0.05) is 13.8 Å². The highest BCUT2D eigenvalue weighted by Gasteiger charge is 2.16. The molecule has 1 aromatic rings. The lowest BCUT2D eigenvalue weighted by molar-refractivity contribution is 0.311. The average Bonchev–Trinajstić information content (AvgIpc) is 2.09. The van der Waals surface area contributed by atoms with E-state index in [0.717, 1.165) is 0 Å². The van der Waals surface area contributed by atoms with Crippen LogP contribution in [-0.4, -0.2) is 16.1 Å². The summed E-state index contributed by atoms with van der Waals surface area (Å²) in [5.74, 6) is 0. The molecule has 0 spiro atoms. The van der Waals surface area contributed by atoms with Gasteiger partial charge in [-0.3, -0.25) is 9.36 Å². The first-order chi connectivity index (χ1) is 6.05. The Balaban J connectivity index is 2.87. The summed E-state index contributed by atoms with van der Waals surface area (Å²) in [6.07, 6.45) is 3.04. The molecule has 1 heterocycles. The molecule has 0 atom stereocenters. The summed E-state index contributed by atoms with van der Waals surface area (Å²) in [5.41, 5.74) is 5.47. The monoisotopic (exact) mass is 181 g/mol. The molecular formula is C9H15N3O. The normalized spacial score (nSPS) is 11.6. The second-order valence-corrected chi connectivity index (χ2v) is 3.91. The van der Waals surface area contributed by atoms with Crippen molar-refractivity contribution in [3.05, 3.63) is 28.9 Å². The zero-order chi connectivity index (χ0) is 9.90. The van der Waals surface area contributed by atoms with Crippen molar-refractivity contribution >= 4 is 0 Å². The molecule has 4 nitrogen and oxygen atoms in total. The molecule has 0 bridgehead atoms. The molecule has 0 aliphatic carbocycles. The molecule has 13 heavy (non-hydrogen) atoms. The van der Waals surface area contributed by atoms with Crippen molar-refractivity contribution in [3.63, 3.8) is 0 Å². The molecule has 4 heteroatoms. The van der Waals surface area contributed by atoms with Crippen molar-refractivity contribution in [3.8, 4) is 0 Å². The maximum atomic E-state index is 11.3. The smallest absolute Gasteiger partial charge is 0.253 e. The Morgan fingerprint density at radius 3 is 2.85 bits per heavy atom. The van der Waals surface area contributed by atoms with Crippen LogP contribution in [0.15, 0.2) is 23.4 Å². The van der Waals surface area contributed by atoms with Crippen molar-refractivity contribution < 1.29 is 0 Å². The van der Waals surface area contributed by atoms with Crippen molar-refractivity contribution in [2.24, 2.45) is 11.1 Å². The number of rotatable bonds is 3. The Bertz CT molecular complexity index is 330. The van der Waals surface area contributed by atoms with Gasteiger partial charge in [0, 0.05) is 18.8 Å². The van der Waals surface area contributed by atoms with Gasteiger partial charge >= 0.3 is 0 Å². The second-order valence-electron chi connectivity index (χ2n) is 3.91. The zero-order valence-electron chi connectivity index (χ0n) is 8.03. The zero-order valence-corrected chi connectivity index (χ0v) is 8.03. The number of hydrogen-bond acceptors (Lipinski definition) is 3. The SMILES string of the molecule is CC(C)(CN)Cn1cnccc1=O. The minimum absolute atomic E-state index is 0.0310. The van der Waals surface area contributed by atoms with Gasteiger partial charge < -0.3 is 5.73 Å². The van der Waals surface area contributed by atoms with Crippen LogP contribution in [-0.2, 0) is 6.54 Å². The average molecular weight is 181 g/mol. The predicted octanol–water partition coefficient (Wildman–Crippen LogP) is 0.228. The van der Waals surface area contributed by atoms with E-state index >= 15 is 0 Å². The van der Waals surface area contributed by atoms with Gasteiger partial charge in [-0.05, 0) is 12.0 Å². The topological polar surface area (TPSA) is 60.9 Å². The summed E-state index contributed by atoms with van der Waals surface area (Å²) in [6, 6.07) is 1.45. The van der Waals surface area contributed by atoms with Gasteiger partial charge in [-0.15, -0.1) is 0 Å². The highest BCUT2D eigenvalue weighted by Crippen LogP contribution is 2.13. The van der Waals surface area contributed by atoms with Crippen LogP contribution in [0.2, 0.25) is 0 Å². The molecule has 0 unspecified atom stereocenters. The van der Waals surface area contributed by atoms with E-state index in [1.54, 1.807) is 10.9 Å². The standard InChI is InChI=1S/C9H15N3O/c1-9(2,5-10)6-12-7-11-4-3-8(12)13/h3-4,7H,5-6,10H2,1-2H3. The van der Waals surface area contributed by atoms with Crippen LogP contribution in [0.5, 0.6) is 0 Å². The lowest BCUT2D eigenvalue weighted by Crippen LogP contribution is -2.33. The van der Waals surface area contributed by atoms with Gasteiger partial charge in [0.05, 0.1) is 6.33 Å². The van der Waals surface area contributed by atoms with Gasteiger partial charge in [0.2, 0.25) is 0 Å². The van der Waals surface area contributed by atoms with Crippen LogP contribution in [0, 0.1) is 5.41 Å². The molecule has 0 saturated carbocycles. The van der Waals surface area contributed by atoms with Crippen LogP contribution < -0.4 is 11.3 Å². The Morgan fingerprint density at radius 2 is 2.31 bits per heavy atom. The summed E-state index contributed by atoms with van der Waals surface area (Å²) >= 11 is 0. The molecule has 0 aromatic carbocycles. The molecule has 0 fully saturated rings. The third-order valence-electron chi connectivity index (χ3n) is 1.94. The van der Waals surface area contributed by atoms with Gasteiger partial charge in [-0.2, -0.15) is 0 Å². The van der Waals surface area contributed by atoms with Gasteiger partial charge in [-0.25, -0.2) is 4.98 Å². The first kappa shape index (κ1) is 9.92. The molecular weight excluding hydrogens is 166 g/mol. The number of nitrogens with zero attached hydrogens (tertiary/aromatic N) is 2. The van der Waals surface area contributed by atoms with Crippen LogP contribution in [0.1, 0.15) is 13.8 Å².